The molecule has 3 rings (SSSR count). The molecule has 0 saturated heterocycles. The summed E-state index contributed by atoms with van der Waals surface area (Å²) in [6.45, 7) is 0. The standard InChI is InChI=1S/C13H11F3O/c14-13(15,16)11-6-9(11)8-2-1-7-3-4-12(17)10(7)5-8/h1-2,5,9,11H,3-4,6H2. The lowest BCUT2D eigenvalue weighted by atomic mass is 10.0. The first-order valence-electron chi connectivity index (χ1n) is 5.69. The van der Waals surface area contributed by atoms with E-state index in [1.807, 2.05) is 0 Å². The lowest BCUT2D eigenvalue weighted by molar-refractivity contribution is -0.148. The van der Waals surface area contributed by atoms with Crippen molar-refractivity contribution in [2.75, 3.05) is 0 Å². The van der Waals surface area contributed by atoms with Gasteiger partial charge in [-0.2, -0.15) is 13.2 Å². The zero-order valence-electron chi connectivity index (χ0n) is 9.05. The topological polar surface area (TPSA) is 17.1 Å². The Morgan fingerprint density at radius 3 is 2.59 bits per heavy atom. The van der Waals surface area contributed by atoms with Crippen LogP contribution >= 0.6 is 0 Å². The molecule has 0 N–H and O–H groups in total. The van der Waals surface area contributed by atoms with Crippen LogP contribution in [0.4, 0.5) is 13.2 Å². The molecule has 17 heavy (non-hydrogen) atoms. The fourth-order valence-electron chi connectivity index (χ4n) is 2.61. The van der Waals surface area contributed by atoms with E-state index >= 15 is 0 Å². The second-order valence-corrected chi connectivity index (χ2v) is 4.83. The number of aryl methyl sites for hydroxylation is 1. The number of fused-ring (bicyclic) bond motifs is 1. The summed E-state index contributed by atoms with van der Waals surface area (Å²) in [6.07, 6.45) is -2.72. The molecule has 0 heterocycles. The molecule has 1 fully saturated rings. The van der Waals surface area contributed by atoms with Gasteiger partial charge >= 0.3 is 6.18 Å². The molecule has 0 bridgehead atoms. The van der Waals surface area contributed by atoms with Crippen LogP contribution in [0.15, 0.2) is 18.2 Å². The summed E-state index contributed by atoms with van der Waals surface area (Å²) < 4.78 is 37.4. The van der Waals surface area contributed by atoms with E-state index in [0.717, 1.165) is 12.0 Å². The highest BCUT2D eigenvalue weighted by atomic mass is 19.4. The number of ketones is 1. The van der Waals surface area contributed by atoms with Gasteiger partial charge in [0.2, 0.25) is 0 Å². The maximum absolute atomic E-state index is 12.5. The monoisotopic (exact) mass is 240 g/mol. The summed E-state index contributed by atoms with van der Waals surface area (Å²) in [5.74, 6) is -1.59. The molecule has 2 aliphatic rings. The van der Waals surface area contributed by atoms with Gasteiger partial charge in [-0.25, -0.2) is 0 Å². The molecule has 0 aliphatic heterocycles. The van der Waals surface area contributed by atoms with Crippen LogP contribution in [0.25, 0.3) is 0 Å². The number of rotatable bonds is 1. The number of halogens is 3. The predicted octanol–water partition coefficient (Wildman–Crippen LogP) is 3.48. The molecule has 0 aromatic heterocycles. The molecule has 2 unspecified atom stereocenters. The van der Waals surface area contributed by atoms with E-state index < -0.39 is 18.0 Å². The smallest absolute Gasteiger partial charge is 0.294 e. The van der Waals surface area contributed by atoms with Crippen LogP contribution in [0.2, 0.25) is 0 Å². The van der Waals surface area contributed by atoms with E-state index in [1.165, 1.54) is 0 Å². The Labute approximate surface area is 96.6 Å². The first-order chi connectivity index (χ1) is 7.97. The van der Waals surface area contributed by atoms with Gasteiger partial charge in [-0.05, 0) is 36.0 Å². The van der Waals surface area contributed by atoms with Gasteiger partial charge in [-0.1, -0.05) is 12.1 Å². The molecule has 0 spiro atoms. The van der Waals surface area contributed by atoms with Gasteiger partial charge in [0.15, 0.2) is 5.78 Å². The summed E-state index contributed by atoms with van der Waals surface area (Å²) in [7, 11) is 0. The van der Waals surface area contributed by atoms with Crippen LogP contribution in [0.3, 0.4) is 0 Å². The Hall–Kier alpha value is -1.32. The number of carbonyl (C=O) groups is 1. The lowest BCUT2D eigenvalue weighted by Gasteiger charge is -2.06. The van der Waals surface area contributed by atoms with Crippen molar-refractivity contribution >= 4 is 5.78 Å². The van der Waals surface area contributed by atoms with E-state index in [9.17, 15) is 18.0 Å². The average Bonchev–Trinajstić information content (AvgIpc) is 2.99. The van der Waals surface area contributed by atoms with Gasteiger partial charge in [0.05, 0.1) is 5.92 Å². The van der Waals surface area contributed by atoms with Crippen LogP contribution in [-0.4, -0.2) is 12.0 Å². The third-order valence-corrected chi connectivity index (χ3v) is 3.69. The van der Waals surface area contributed by atoms with Gasteiger partial charge < -0.3 is 0 Å². The third kappa shape index (κ3) is 1.75. The predicted molar refractivity (Wildman–Crippen MR) is 56.0 cm³/mol. The Morgan fingerprint density at radius 2 is 1.94 bits per heavy atom. The van der Waals surface area contributed by atoms with Crippen molar-refractivity contribution < 1.29 is 18.0 Å². The van der Waals surface area contributed by atoms with Crippen molar-refractivity contribution in [3.05, 3.63) is 34.9 Å². The minimum Gasteiger partial charge on any atom is -0.294 e. The van der Waals surface area contributed by atoms with Gasteiger partial charge in [-0.3, -0.25) is 4.79 Å². The van der Waals surface area contributed by atoms with Crippen LogP contribution < -0.4 is 0 Å². The summed E-state index contributed by atoms with van der Waals surface area (Å²) >= 11 is 0. The van der Waals surface area contributed by atoms with Crippen molar-refractivity contribution in [3.8, 4) is 0 Å². The molecule has 1 aromatic rings. The van der Waals surface area contributed by atoms with Crippen molar-refractivity contribution in [1.82, 2.24) is 0 Å². The van der Waals surface area contributed by atoms with Crippen molar-refractivity contribution in [2.24, 2.45) is 5.92 Å². The summed E-state index contributed by atoms with van der Waals surface area (Å²) in [4.78, 5) is 11.5. The van der Waals surface area contributed by atoms with E-state index in [0.29, 0.717) is 17.5 Å². The van der Waals surface area contributed by atoms with Crippen molar-refractivity contribution in [1.29, 1.82) is 0 Å². The van der Waals surface area contributed by atoms with Crippen molar-refractivity contribution in [3.63, 3.8) is 0 Å². The third-order valence-electron chi connectivity index (χ3n) is 3.69. The number of hydrogen-bond acceptors (Lipinski definition) is 1. The van der Waals surface area contributed by atoms with Gasteiger partial charge in [-0.15, -0.1) is 0 Å². The van der Waals surface area contributed by atoms with Gasteiger partial charge in [0, 0.05) is 12.0 Å². The molecular weight excluding hydrogens is 229 g/mol. The molecule has 1 saturated carbocycles. The maximum atomic E-state index is 12.5. The second kappa shape index (κ2) is 3.34. The molecule has 1 nitrogen and oxygen atoms in total. The number of Topliss-reactive ketones (excluding diaryl/α,β-unsaturated/α-hetero) is 1. The van der Waals surface area contributed by atoms with Crippen LogP contribution in [0.5, 0.6) is 0 Å². The van der Waals surface area contributed by atoms with Crippen LogP contribution in [0.1, 0.15) is 40.2 Å². The second-order valence-electron chi connectivity index (χ2n) is 4.83. The van der Waals surface area contributed by atoms with Crippen molar-refractivity contribution in [2.45, 2.75) is 31.4 Å². The van der Waals surface area contributed by atoms with Crippen LogP contribution in [-0.2, 0) is 6.42 Å². The average molecular weight is 240 g/mol. The molecule has 2 atom stereocenters. The van der Waals surface area contributed by atoms with E-state index in [-0.39, 0.29) is 12.2 Å². The fourth-order valence-corrected chi connectivity index (χ4v) is 2.61. The molecule has 4 heteroatoms. The molecule has 1 aromatic carbocycles. The number of benzene rings is 1. The first-order valence-corrected chi connectivity index (χ1v) is 5.69. The normalized spacial score (nSPS) is 27.1. The number of hydrogen-bond donors (Lipinski definition) is 0. The SMILES string of the molecule is O=C1CCc2ccc(C3CC3C(F)(F)F)cc21. The highest BCUT2D eigenvalue weighted by molar-refractivity contribution is 6.00. The van der Waals surface area contributed by atoms with E-state index in [4.69, 9.17) is 0 Å². The Kier molecular flexibility index (Phi) is 2.12. The minimum absolute atomic E-state index is 0.0612. The molecule has 0 radical (unpaired) electrons. The Balaban J connectivity index is 1.88. The zero-order chi connectivity index (χ0) is 12.2. The first kappa shape index (κ1) is 10.8. The van der Waals surface area contributed by atoms with E-state index in [2.05, 4.69) is 0 Å². The molecule has 0 amide bonds. The largest absolute Gasteiger partial charge is 0.392 e. The molecular formula is C13H11F3O. The fraction of sp³-hybridized carbons (Fsp3) is 0.462. The van der Waals surface area contributed by atoms with E-state index in [1.54, 1.807) is 18.2 Å². The van der Waals surface area contributed by atoms with Gasteiger partial charge in [0.1, 0.15) is 0 Å². The quantitative estimate of drug-likeness (QED) is 0.734. The minimum atomic E-state index is -4.10. The van der Waals surface area contributed by atoms with Gasteiger partial charge in [0.25, 0.3) is 0 Å². The summed E-state index contributed by atoms with van der Waals surface area (Å²) in [6, 6.07) is 5.22. The Bertz CT molecular complexity index is 490. The Morgan fingerprint density at radius 1 is 1.18 bits per heavy atom. The maximum Gasteiger partial charge on any atom is 0.392 e. The number of carbonyl (C=O) groups excluding carboxylic acids is 1. The highest BCUT2D eigenvalue weighted by Gasteiger charge is 2.56. The summed E-state index contributed by atoms with van der Waals surface area (Å²) in [5.41, 5.74) is 2.28. The van der Waals surface area contributed by atoms with Crippen LogP contribution in [0, 0.1) is 5.92 Å². The highest BCUT2D eigenvalue weighted by Crippen LogP contribution is 2.56. The lowest BCUT2D eigenvalue weighted by Crippen LogP contribution is -2.11. The zero-order valence-corrected chi connectivity index (χ0v) is 9.05. The molecule has 90 valence electrons. The summed E-state index contributed by atoms with van der Waals surface area (Å²) in [5, 5.41) is 0. The number of alkyl halides is 3. The molecule has 2 aliphatic carbocycles.